The van der Waals surface area contributed by atoms with Gasteiger partial charge in [-0.15, -0.1) is 0 Å². The predicted octanol–water partition coefficient (Wildman–Crippen LogP) is 2.74. The maximum Gasteiger partial charge on any atom is 0.271 e. The number of likely N-dealkylation sites (tertiary alicyclic amines) is 1. The summed E-state index contributed by atoms with van der Waals surface area (Å²) in [6.45, 7) is 2.26. The zero-order valence-electron chi connectivity index (χ0n) is 11.3. The first kappa shape index (κ1) is 16.0. The number of halogens is 2. The predicted molar refractivity (Wildman–Crippen MR) is 78.8 cm³/mol. The van der Waals surface area contributed by atoms with E-state index in [1.807, 2.05) is 6.92 Å². The molecule has 2 rings (SSSR count). The Balaban J connectivity index is 2.41. The zero-order valence-corrected chi connectivity index (χ0v) is 12.8. The van der Waals surface area contributed by atoms with Crippen molar-refractivity contribution in [3.05, 3.63) is 37.9 Å². The Labute approximate surface area is 131 Å². The van der Waals surface area contributed by atoms with Crippen LogP contribution in [0, 0.1) is 16.0 Å². The Morgan fingerprint density at radius 2 is 2.19 bits per heavy atom. The normalized spacial score (nSPS) is 21.6. The molecule has 1 saturated heterocycles. The van der Waals surface area contributed by atoms with Crippen molar-refractivity contribution in [1.29, 1.82) is 0 Å². The van der Waals surface area contributed by atoms with Crippen molar-refractivity contribution < 1.29 is 14.8 Å². The third kappa shape index (κ3) is 2.97. The van der Waals surface area contributed by atoms with Crippen LogP contribution in [-0.4, -0.2) is 40.0 Å². The zero-order chi connectivity index (χ0) is 15.7. The van der Waals surface area contributed by atoms with Gasteiger partial charge in [-0.25, -0.2) is 0 Å². The van der Waals surface area contributed by atoms with Crippen LogP contribution in [0.5, 0.6) is 0 Å². The highest BCUT2D eigenvalue weighted by atomic mass is 35.5. The second-order valence-electron chi connectivity index (χ2n) is 5.06. The quantitative estimate of drug-likeness (QED) is 0.681. The smallest absolute Gasteiger partial charge is 0.271 e. The van der Waals surface area contributed by atoms with Gasteiger partial charge in [0.1, 0.15) is 0 Å². The molecule has 1 aliphatic rings. The van der Waals surface area contributed by atoms with E-state index in [-0.39, 0.29) is 39.9 Å². The van der Waals surface area contributed by atoms with Crippen LogP contribution in [0.25, 0.3) is 0 Å². The first-order valence-corrected chi connectivity index (χ1v) is 7.17. The number of aliphatic hydroxyl groups excluding tert-OH is 1. The number of amides is 1. The van der Waals surface area contributed by atoms with Gasteiger partial charge in [0.25, 0.3) is 11.6 Å². The molecule has 1 fully saturated rings. The van der Waals surface area contributed by atoms with Gasteiger partial charge in [0.2, 0.25) is 0 Å². The van der Waals surface area contributed by atoms with Gasteiger partial charge < -0.3 is 10.0 Å². The number of carbonyl (C=O) groups excluding carboxylic acids is 1. The second-order valence-corrected chi connectivity index (χ2v) is 5.85. The van der Waals surface area contributed by atoms with Crippen molar-refractivity contribution >= 4 is 34.8 Å². The van der Waals surface area contributed by atoms with Crippen LogP contribution in [0.15, 0.2) is 12.1 Å². The van der Waals surface area contributed by atoms with Crippen LogP contribution >= 0.6 is 23.2 Å². The lowest BCUT2D eigenvalue weighted by Gasteiger charge is -2.25. The van der Waals surface area contributed by atoms with Crippen molar-refractivity contribution in [3.8, 4) is 0 Å². The fourth-order valence-corrected chi connectivity index (χ4v) is 2.93. The maximum absolute atomic E-state index is 12.6. The lowest BCUT2D eigenvalue weighted by atomic mass is 10.0. The van der Waals surface area contributed by atoms with E-state index < -0.39 is 10.8 Å². The lowest BCUT2D eigenvalue weighted by Crippen LogP contribution is -2.40. The number of hydrogen-bond donors (Lipinski definition) is 1. The minimum atomic E-state index is -0.630. The molecule has 1 heterocycles. The maximum atomic E-state index is 12.6. The summed E-state index contributed by atoms with van der Waals surface area (Å²) in [5.41, 5.74) is -0.302. The van der Waals surface area contributed by atoms with Gasteiger partial charge in [-0.2, -0.15) is 0 Å². The summed E-state index contributed by atoms with van der Waals surface area (Å²) >= 11 is 11.9. The van der Waals surface area contributed by atoms with Gasteiger partial charge in [0.15, 0.2) is 0 Å². The molecule has 2 atom stereocenters. The van der Waals surface area contributed by atoms with E-state index in [4.69, 9.17) is 23.2 Å². The molecular formula is C13H14Cl2N2O4. The highest BCUT2D eigenvalue weighted by Gasteiger charge is 2.35. The fraction of sp³-hybridized carbons (Fsp3) is 0.462. The van der Waals surface area contributed by atoms with E-state index in [9.17, 15) is 20.0 Å². The SMILES string of the molecule is CC1CCN(C(=O)c2cc([N+](=O)[O-])cc(Cl)c2Cl)C1CO. The standard InChI is InChI=1S/C13H14Cl2N2O4/c1-7-2-3-16(11(7)6-18)13(19)9-4-8(17(20)21)5-10(14)12(9)15/h4-5,7,11,18H,2-3,6H2,1H3. The summed E-state index contributed by atoms with van der Waals surface area (Å²) in [6.07, 6.45) is 0.761. The van der Waals surface area contributed by atoms with E-state index in [0.717, 1.165) is 18.6 Å². The van der Waals surface area contributed by atoms with Crippen molar-refractivity contribution in [3.63, 3.8) is 0 Å². The van der Waals surface area contributed by atoms with Crippen LogP contribution in [-0.2, 0) is 0 Å². The highest BCUT2D eigenvalue weighted by Crippen LogP contribution is 2.33. The molecule has 0 aromatic heterocycles. The topological polar surface area (TPSA) is 83.7 Å². The van der Waals surface area contributed by atoms with Gasteiger partial charge in [-0.1, -0.05) is 30.1 Å². The van der Waals surface area contributed by atoms with Crippen LogP contribution in [0.3, 0.4) is 0 Å². The monoisotopic (exact) mass is 332 g/mol. The Morgan fingerprint density at radius 1 is 1.52 bits per heavy atom. The largest absolute Gasteiger partial charge is 0.394 e. The molecule has 0 aliphatic carbocycles. The summed E-state index contributed by atoms with van der Waals surface area (Å²) in [7, 11) is 0. The van der Waals surface area contributed by atoms with Crippen LogP contribution < -0.4 is 0 Å². The molecule has 0 saturated carbocycles. The number of nitrogens with zero attached hydrogens (tertiary/aromatic N) is 2. The summed E-state index contributed by atoms with van der Waals surface area (Å²) in [6, 6.07) is 1.91. The first-order chi connectivity index (χ1) is 9.86. The third-order valence-corrected chi connectivity index (χ3v) is 4.59. The Morgan fingerprint density at radius 3 is 2.76 bits per heavy atom. The molecule has 1 aromatic carbocycles. The number of nitro groups is 1. The van der Waals surface area contributed by atoms with Crippen molar-refractivity contribution in [2.45, 2.75) is 19.4 Å². The van der Waals surface area contributed by atoms with Gasteiger partial charge in [0.05, 0.1) is 33.2 Å². The van der Waals surface area contributed by atoms with E-state index >= 15 is 0 Å². The Kier molecular flexibility index (Phi) is 4.70. The second kappa shape index (κ2) is 6.17. The number of benzene rings is 1. The fourth-order valence-electron chi connectivity index (χ4n) is 2.53. The van der Waals surface area contributed by atoms with Crippen LogP contribution in [0.2, 0.25) is 10.0 Å². The highest BCUT2D eigenvalue weighted by molar-refractivity contribution is 6.44. The minimum absolute atomic E-state index is 0.0106. The number of carbonyl (C=O) groups is 1. The average Bonchev–Trinajstić information content (AvgIpc) is 2.81. The average molecular weight is 333 g/mol. The molecule has 114 valence electrons. The minimum Gasteiger partial charge on any atom is -0.394 e. The van der Waals surface area contributed by atoms with Gasteiger partial charge in [-0.3, -0.25) is 14.9 Å². The molecular weight excluding hydrogens is 319 g/mol. The van der Waals surface area contributed by atoms with Crippen LogP contribution in [0.1, 0.15) is 23.7 Å². The molecule has 0 spiro atoms. The molecule has 1 aromatic rings. The molecule has 6 nitrogen and oxygen atoms in total. The van der Waals surface area contributed by atoms with Crippen molar-refractivity contribution in [2.75, 3.05) is 13.2 Å². The third-order valence-electron chi connectivity index (χ3n) is 3.78. The van der Waals surface area contributed by atoms with Crippen molar-refractivity contribution in [1.82, 2.24) is 4.90 Å². The van der Waals surface area contributed by atoms with Crippen LogP contribution in [0.4, 0.5) is 5.69 Å². The summed E-state index contributed by atoms with van der Waals surface area (Å²) < 4.78 is 0. The number of nitro benzene ring substituents is 1. The Hall–Kier alpha value is -1.37. The van der Waals surface area contributed by atoms with Gasteiger partial charge in [0, 0.05) is 18.7 Å². The molecule has 2 unspecified atom stereocenters. The van der Waals surface area contributed by atoms with Gasteiger partial charge in [-0.05, 0) is 12.3 Å². The van der Waals surface area contributed by atoms with E-state index in [2.05, 4.69) is 0 Å². The summed E-state index contributed by atoms with van der Waals surface area (Å²) in [5.74, 6) is -0.291. The molecule has 8 heteroatoms. The number of rotatable bonds is 3. The lowest BCUT2D eigenvalue weighted by molar-refractivity contribution is -0.384. The van der Waals surface area contributed by atoms with E-state index in [0.29, 0.717) is 6.54 Å². The summed E-state index contributed by atoms with van der Waals surface area (Å²) in [5, 5.41) is 20.2. The molecule has 21 heavy (non-hydrogen) atoms. The van der Waals surface area contributed by atoms with E-state index in [1.54, 1.807) is 0 Å². The first-order valence-electron chi connectivity index (χ1n) is 6.42. The number of aliphatic hydroxyl groups is 1. The molecule has 1 amide bonds. The number of non-ortho nitro benzene ring substituents is 1. The van der Waals surface area contributed by atoms with Gasteiger partial charge >= 0.3 is 0 Å². The molecule has 1 N–H and O–H groups in total. The molecule has 1 aliphatic heterocycles. The van der Waals surface area contributed by atoms with E-state index in [1.165, 1.54) is 4.90 Å². The van der Waals surface area contributed by atoms with Crippen molar-refractivity contribution in [2.24, 2.45) is 5.92 Å². The number of hydrogen-bond acceptors (Lipinski definition) is 4. The molecule has 0 bridgehead atoms. The molecule has 0 radical (unpaired) electrons. The summed E-state index contributed by atoms with van der Waals surface area (Å²) in [4.78, 5) is 24.3. The Bertz CT molecular complexity index is 594.